The Kier molecular flexibility index (Phi) is 5.42. The normalized spacial score (nSPS) is 15.0. The van der Waals surface area contributed by atoms with Gasteiger partial charge in [-0.1, -0.05) is 44.2 Å². The minimum Gasteiger partial charge on any atom is -0.435 e. The fourth-order valence-electron chi connectivity index (χ4n) is 4.93. The zero-order chi connectivity index (χ0) is 26.7. The lowest BCUT2D eigenvalue weighted by Crippen LogP contribution is -2.32. The van der Waals surface area contributed by atoms with Gasteiger partial charge >= 0.3 is 0 Å². The van der Waals surface area contributed by atoms with Gasteiger partial charge in [0, 0.05) is 46.1 Å². The van der Waals surface area contributed by atoms with E-state index in [0.717, 1.165) is 17.4 Å². The molecule has 6 rings (SSSR count). The molecule has 0 spiro atoms. The van der Waals surface area contributed by atoms with E-state index in [1.54, 1.807) is 42.7 Å². The van der Waals surface area contributed by atoms with Crippen LogP contribution in [0.1, 0.15) is 36.7 Å². The number of rotatable bonds is 5. The largest absolute Gasteiger partial charge is 0.435 e. The zero-order valence-electron chi connectivity index (χ0n) is 20.7. The quantitative estimate of drug-likeness (QED) is 0.323. The van der Waals surface area contributed by atoms with Crippen LogP contribution in [-0.2, 0) is 15.4 Å². The van der Waals surface area contributed by atoms with E-state index in [0.29, 0.717) is 39.9 Å². The number of para-hydroxylation sites is 1. The molecule has 192 valence electrons. The number of anilines is 1. The van der Waals surface area contributed by atoms with Crippen LogP contribution in [0.2, 0.25) is 0 Å². The number of fused-ring (bicyclic) bond motifs is 3. The number of hydrogen-bond donors (Lipinski definition) is 2. The van der Waals surface area contributed by atoms with E-state index < -0.39 is 21.3 Å². The lowest BCUT2D eigenvalue weighted by atomic mass is 9.69. The highest BCUT2D eigenvalue weighted by Gasteiger charge is 2.43. The van der Waals surface area contributed by atoms with Crippen molar-refractivity contribution in [2.75, 3.05) is 11.0 Å². The van der Waals surface area contributed by atoms with Gasteiger partial charge in [-0.05, 0) is 24.3 Å². The Balaban J connectivity index is 1.45. The Morgan fingerprint density at radius 1 is 0.974 bits per heavy atom. The third-order valence-corrected chi connectivity index (χ3v) is 7.26. The maximum atomic E-state index is 15.0. The van der Waals surface area contributed by atoms with E-state index in [1.165, 1.54) is 6.07 Å². The maximum Gasteiger partial charge on any atom is 0.229 e. The molecule has 3 aromatic heterocycles. The van der Waals surface area contributed by atoms with Crippen LogP contribution < -0.4 is 9.46 Å². The summed E-state index contributed by atoms with van der Waals surface area (Å²) in [5.41, 5.74) is 3.70. The highest BCUT2D eigenvalue weighted by Crippen LogP contribution is 2.52. The average Bonchev–Trinajstić information content (AvgIpc) is 3.32. The van der Waals surface area contributed by atoms with Crippen molar-refractivity contribution in [3.8, 4) is 22.9 Å². The molecule has 0 amide bonds. The molecule has 0 aliphatic carbocycles. The molecule has 11 heteroatoms. The summed E-state index contributed by atoms with van der Waals surface area (Å²) in [5.74, 6) is 0.252. The monoisotopic (exact) mass is 530 g/mol. The van der Waals surface area contributed by atoms with Gasteiger partial charge in [-0.3, -0.25) is 4.72 Å². The molecule has 1 aliphatic heterocycles. The molecule has 0 bridgehead atoms. The molecular formula is C27H23FN6O3S. The molecule has 38 heavy (non-hydrogen) atoms. The molecule has 2 N–H and O–H groups in total. The average molecular weight is 531 g/mol. The predicted molar refractivity (Wildman–Crippen MR) is 141 cm³/mol. The van der Waals surface area contributed by atoms with Crippen LogP contribution in [0.5, 0.6) is 11.6 Å². The van der Waals surface area contributed by atoms with E-state index in [2.05, 4.69) is 19.7 Å². The number of hydrogen-bond acceptors (Lipinski definition) is 7. The van der Waals surface area contributed by atoms with Gasteiger partial charge in [0.25, 0.3) is 0 Å². The van der Waals surface area contributed by atoms with Gasteiger partial charge < -0.3 is 9.72 Å². The molecule has 4 heterocycles. The van der Waals surface area contributed by atoms with Gasteiger partial charge in [-0.25, -0.2) is 32.7 Å². The second kappa shape index (κ2) is 8.59. The number of imidazole rings is 1. The number of halogens is 1. The zero-order valence-corrected chi connectivity index (χ0v) is 21.5. The van der Waals surface area contributed by atoms with Crippen LogP contribution in [0.4, 0.5) is 10.1 Å². The summed E-state index contributed by atoms with van der Waals surface area (Å²) < 4.78 is 46.6. The van der Waals surface area contributed by atoms with Gasteiger partial charge in [0.15, 0.2) is 22.9 Å². The van der Waals surface area contributed by atoms with Crippen LogP contribution in [-0.4, -0.2) is 39.6 Å². The Morgan fingerprint density at radius 3 is 2.47 bits per heavy atom. The number of pyridine rings is 1. The number of nitrogens with zero attached hydrogens (tertiary/aromatic N) is 4. The summed E-state index contributed by atoms with van der Waals surface area (Å²) in [6.07, 6.45) is 4.28. The Morgan fingerprint density at radius 2 is 1.74 bits per heavy atom. The van der Waals surface area contributed by atoms with Crippen molar-refractivity contribution in [3.63, 3.8) is 0 Å². The first kappa shape index (κ1) is 24.0. The van der Waals surface area contributed by atoms with Gasteiger partial charge in [-0.2, -0.15) is 0 Å². The van der Waals surface area contributed by atoms with Crippen molar-refractivity contribution in [1.82, 2.24) is 24.9 Å². The first-order valence-electron chi connectivity index (χ1n) is 11.8. The summed E-state index contributed by atoms with van der Waals surface area (Å²) in [7, 11) is -3.39. The van der Waals surface area contributed by atoms with Crippen LogP contribution in [0.3, 0.4) is 0 Å². The molecular weight excluding hydrogens is 507 g/mol. The van der Waals surface area contributed by atoms with Crippen molar-refractivity contribution in [1.29, 1.82) is 0 Å². The smallest absolute Gasteiger partial charge is 0.229 e. The molecule has 1 atom stereocenters. The predicted octanol–water partition coefficient (Wildman–Crippen LogP) is 5.14. The van der Waals surface area contributed by atoms with Crippen molar-refractivity contribution in [2.45, 2.75) is 25.2 Å². The number of nitrogens with one attached hydrogen (secondary N) is 2. The highest BCUT2D eigenvalue weighted by molar-refractivity contribution is 7.92. The number of aromatic amines is 1. The molecule has 0 fully saturated rings. The van der Waals surface area contributed by atoms with E-state index in [-0.39, 0.29) is 11.7 Å². The molecule has 5 aromatic rings. The second-order valence-corrected chi connectivity index (χ2v) is 11.5. The molecule has 1 unspecified atom stereocenters. The van der Waals surface area contributed by atoms with Gasteiger partial charge in [0.1, 0.15) is 5.82 Å². The first-order valence-corrected chi connectivity index (χ1v) is 13.7. The van der Waals surface area contributed by atoms with Crippen LogP contribution >= 0.6 is 0 Å². The fourth-order valence-corrected chi connectivity index (χ4v) is 5.49. The number of H-pyrrole nitrogens is 1. The number of ether oxygens (including phenoxy) is 1. The van der Waals surface area contributed by atoms with Gasteiger partial charge in [0.2, 0.25) is 15.9 Å². The van der Waals surface area contributed by atoms with Crippen molar-refractivity contribution >= 4 is 27.0 Å². The molecule has 1 aliphatic rings. The van der Waals surface area contributed by atoms with Crippen molar-refractivity contribution in [3.05, 3.63) is 89.8 Å². The summed E-state index contributed by atoms with van der Waals surface area (Å²) >= 11 is 0. The number of aromatic nitrogens is 5. The van der Waals surface area contributed by atoms with E-state index in [9.17, 15) is 8.42 Å². The fraction of sp³-hybridized carbons (Fsp3) is 0.185. The molecule has 0 saturated carbocycles. The number of sulfonamides is 1. The summed E-state index contributed by atoms with van der Waals surface area (Å²) in [4.78, 5) is 21.3. The lowest BCUT2D eigenvalue weighted by Gasteiger charge is -2.37. The van der Waals surface area contributed by atoms with E-state index in [1.807, 2.05) is 32.0 Å². The first-order chi connectivity index (χ1) is 18.1. The summed E-state index contributed by atoms with van der Waals surface area (Å²) in [6, 6.07) is 15.5. The van der Waals surface area contributed by atoms with Crippen LogP contribution in [0.15, 0.2) is 67.0 Å². The SMILES string of the molecule is CC(C)(c1nc2nccnc2[nH]1)C1c2ccc(-c3ccc(NS(C)(=O)=O)cc3)nc2Oc2c(F)cccc21. The standard InChI is InChI=1S/C27H23FN6O3S/c1-27(2,26-32-23-24(33-26)30-14-13-29-23)21-17-5-4-6-19(28)22(17)37-25-18(21)11-12-20(31-25)15-7-9-16(10-8-15)34-38(3,35)36/h4-14,21,34H,1-3H3,(H,29,30,32,33). The third-order valence-electron chi connectivity index (χ3n) is 6.66. The lowest BCUT2D eigenvalue weighted by molar-refractivity contribution is 0.353. The van der Waals surface area contributed by atoms with E-state index in [4.69, 9.17) is 14.7 Å². The Bertz CT molecular complexity index is 1770. The maximum absolute atomic E-state index is 15.0. The highest BCUT2D eigenvalue weighted by atomic mass is 32.2. The molecule has 0 radical (unpaired) electrons. The molecule has 0 saturated heterocycles. The summed E-state index contributed by atoms with van der Waals surface area (Å²) in [6.45, 7) is 4.06. The third kappa shape index (κ3) is 4.14. The molecule has 2 aromatic carbocycles. The Hall–Kier alpha value is -4.38. The van der Waals surface area contributed by atoms with Gasteiger partial charge in [0.05, 0.1) is 11.9 Å². The van der Waals surface area contributed by atoms with Gasteiger partial charge in [-0.15, -0.1) is 0 Å². The van der Waals surface area contributed by atoms with E-state index >= 15 is 4.39 Å². The molecule has 9 nitrogen and oxygen atoms in total. The summed E-state index contributed by atoms with van der Waals surface area (Å²) in [5, 5.41) is 0. The topological polar surface area (TPSA) is 123 Å². The van der Waals surface area contributed by atoms with Crippen LogP contribution in [0.25, 0.3) is 22.6 Å². The minimum atomic E-state index is -3.39. The number of benzene rings is 2. The second-order valence-electron chi connectivity index (χ2n) is 9.77. The Labute approximate surface area is 218 Å². The minimum absolute atomic E-state index is 0.128. The van der Waals surface area contributed by atoms with Crippen molar-refractivity contribution < 1.29 is 17.5 Å². The van der Waals surface area contributed by atoms with Crippen LogP contribution in [0, 0.1) is 5.82 Å². The van der Waals surface area contributed by atoms with Crippen molar-refractivity contribution in [2.24, 2.45) is 0 Å².